The third-order valence-corrected chi connectivity index (χ3v) is 3.49. The van der Waals surface area contributed by atoms with Gasteiger partial charge in [-0.3, -0.25) is 0 Å². The van der Waals surface area contributed by atoms with Gasteiger partial charge in [-0.25, -0.2) is 0 Å². The van der Waals surface area contributed by atoms with Crippen molar-refractivity contribution in [2.24, 2.45) is 17.8 Å². The Hall–Kier alpha value is 0.0900. The van der Waals surface area contributed by atoms with Crippen molar-refractivity contribution in [3.63, 3.8) is 0 Å². The van der Waals surface area contributed by atoms with Gasteiger partial charge in [0.2, 0.25) is 0 Å². The maximum absolute atomic E-state index is 4.39. The predicted molar refractivity (Wildman–Crippen MR) is 65.4 cm³/mol. The van der Waals surface area contributed by atoms with Crippen LogP contribution in [0.4, 0.5) is 0 Å². The highest BCUT2D eigenvalue weighted by Crippen LogP contribution is 2.27. The number of hydrogen-bond acceptors (Lipinski definition) is 1. The smallest absolute Gasteiger partial charge is 0.0195 e. The van der Waals surface area contributed by atoms with Crippen LogP contribution in [0.25, 0.3) is 0 Å². The second kappa shape index (κ2) is 5.74. The molecule has 0 N–H and O–H groups in total. The molecular formula is C12H24S. The van der Waals surface area contributed by atoms with E-state index in [0.717, 1.165) is 24.2 Å². The normalized spacial score (nSPS) is 18.4. The van der Waals surface area contributed by atoms with E-state index in [4.69, 9.17) is 0 Å². The Morgan fingerprint density at radius 2 is 1.62 bits per heavy atom. The van der Waals surface area contributed by atoms with Crippen molar-refractivity contribution in [2.75, 3.05) is 0 Å². The van der Waals surface area contributed by atoms with E-state index in [-0.39, 0.29) is 0 Å². The zero-order chi connectivity index (χ0) is 10.6. The molecule has 0 saturated carbocycles. The molecule has 0 amide bonds. The van der Waals surface area contributed by atoms with E-state index in [1.165, 1.54) is 5.57 Å². The van der Waals surface area contributed by atoms with Gasteiger partial charge in [0.05, 0.1) is 0 Å². The Morgan fingerprint density at radius 3 is 1.92 bits per heavy atom. The van der Waals surface area contributed by atoms with Crippen molar-refractivity contribution in [1.29, 1.82) is 0 Å². The van der Waals surface area contributed by atoms with Gasteiger partial charge in [-0.15, -0.1) is 0 Å². The van der Waals surface area contributed by atoms with Gasteiger partial charge >= 0.3 is 0 Å². The van der Waals surface area contributed by atoms with Crippen molar-refractivity contribution in [3.8, 4) is 0 Å². The van der Waals surface area contributed by atoms with Crippen LogP contribution >= 0.6 is 12.6 Å². The molecule has 1 heteroatoms. The Bertz CT molecular complexity index is 159. The Balaban J connectivity index is 4.00. The highest BCUT2D eigenvalue weighted by atomic mass is 32.1. The van der Waals surface area contributed by atoms with Gasteiger partial charge in [0.15, 0.2) is 0 Å². The van der Waals surface area contributed by atoms with Crippen LogP contribution in [0.3, 0.4) is 0 Å². The largest absolute Gasteiger partial charge is 0.172 e. The first kappa shape index (κ1) is 13.1. The average molecular weight is 200 g/mol. The molecule has 0 saturated heterocycles. The van der Waals surface area contributed by atoms with Crippen LogP contribution in [-0.2, 0) is 0 Å². The highest BCUT2D eigenvalue weighted by molar-refractivity contribution is 7.81. The Kier molecular flexibility index (Phi) is 5.78. The lowest BCUT2D eigenvalue weighted by Crippen LogP contribution is -2.16. The summed E-state index contributed by atoms with van der Waals surface area (Å²) < 4.78 is 0. The zero-order valence-electron chi connectivity index (χ0n) is 9.67. The zero-order valence-corrected chi connectivity index (χ0v) is 10.6. The van der Waals surface area contributed by atoms with Crippen LogP contribution < -0.4 is 0 Å². The molecule has 0 radical (unpaired) electrons. The molecule has 0 spiro atoms. The number of rotatable bonds is 5. The molecule has 0 aromatic heterocycles. The molecule has 0 aliphatic rings. The molecule has 13 heavy (non-hydrogen) atoms. The highest BCUT2D eigenvalue weighted by Gasteiger charge is 2.17. The summed E-state index contributed by atoms with van der Waals surface area (Å²) in [4.78, 5) is 0. The second-order valence-electron chi connectivity index (χ2n) is 4.62. The van der Waals surface area contributed by atoms with Gasteiger partial charge < -0.3 is 0 Å². The molecule has 0 heterocycles. The fourth-order valence-electron chi connectivity index (χ4n) is 1.43. The van der Waals surface area contributed by atoms with Gasteiger partial charge in [0.25, 0.3) is 0 Å². The first-order valence-corrected chi connectivity index (χ1v) is 5.73. The molecule has 0 aromatic rings. The molecule has 0 aliphatic carbocycles. The summed E-state index contributed by atoms with van der Waals surface area (Å²) >= 11 is 4.39. The maximum Gasteiger partial charge on any atom is 0.0195 e. The topological polar surface area (TPSA) is 0 Å². The average Bonchev–Trinajstić information content (AvgIpc) is 2.02. The van der Waals surface area contributed by atoms with Crippen LogP contribution in [0, 0.1) is 17.8 Å². The molecule has 0 rings (SSSR count). The van der Waals surface area contributed by atoms with E-state index in [2.05, 4.69) is 53.8 Å². The minimum absolute atomic E-state index is 0.335. The summed E-state index contributed by atoms with van der Waals surface area (Å²) in [6.45, 7) is 15.4. The van der Waals surface area contributed by atoms with Crippen molar-refractivity contribution in [3.05, 3.63) is 12.2 Å². The molecule has 0 aromatic carbocycles. The summed E-state index contributed by atoms with van der Waals surface area (Å²) in [7, 11) is 0. The van der Waals surface area contributed by atoms with E-state index in [1.54, 1.807) is 0 Å². The fraction of sp³-hybridized carbons (Fsp3) is 0.833. The number of thiol groups is 1. The standard InChI is InChI=1S/C12H24S/c1-8(2)11(5)9(3)7-10(4)12(6)13/h8-9,11-13H,4,7H2,1-3,5-6H3/t9?,11-,12?/m1/s1. The van der Waals surface area contributed by atoms with Crippen LogP contribution in [0.15, 0.2) is 12.2 Å². The van der Waals surface area contributed by atoms with Crippen LogP contribution in [-0.4, -0.2) is 5.25 Å². The summed E-state index contributed by atoms with van der Waals surface area (Å²) in [5.41, 5.74) is 1.27. The molecule has 0 nitrogen and oxygen atoms in total. The first-order valence-electron chi connectivity index (χ1n) is 5.22. The second-order valence-corrected chi connectivity index (χ2v) is 5.39. The van der Waals surface area contributed by atoms with E-state index in [0.29, 0.717) is 5.25 Å². The van der Waals surface area contributed by atoms with Crippen LogP contribution in [0.1, 0.15) is 41.0 Å². The molecule has 0 aliphatic heterocycles. The summed E-state index contributed by atoms with van der Waals surface area (Å²) in [5, 5.41) is 0.335. The van der Waals surface area contributed by atoms with Crippen molar-refractivity contribution < 1.29 is 0 Å². The van der Waals surface area contributed by atoms with E-state index in [1.807, 2.05) is 0 Å². The quantitative estimate of drug-likeness (QED) is 0.499. The van der Waals surface area contributed by atoms with E-state index in [9.17, 15) is 0 Å². The van der Waals surface area contributed by atoms with Crippen molar-refractivity contribution >= 4 is 12.6 Å². The molecule has 0 bridgehead atoms. The monoisotopic (exact) mass is 200 g/mol. The molecule has 2 unspecified atom stereocenters. The molecular weight excluding hydrogens is 176 g/mol. The first-order chi connectivity index (χ1) is 5.86. The van der Waals surface area contributed by atoms with E-state index >= 15 is 0 Å². The molecule has 3 atom stereocenters. The molecule has 78 valence electrons. The summed E-state index contributed by atoms with van der Waals surface area (Å²) in [6, 6.07) is 0. The predicted octanol–water partition coefficient (Wildman–Crippen LogP) is 4.18. The lowest BCUT2D eigenvalue weighted by molar-refractivity contribution is 0.294. The summed E-state index contributed by atoms with van der Waals surface area (Å²) in [5.74, 6) is 2.25. The van der Waals surface area contributed by atoms with Crippen LogP contribution in [0.5, 0.6) is 0 Å². The van der Waals surface area contributed by atoms with Crippen molar-refractivity contribution in [2.45, 2.75) is 46.3 Å². The third-order valence-electron chi connectivity index (χ3n) is 3.12. The molecule has 0 fully saturated rings. The number of hydrogen-bond donors (Lipinski definition) is 1. The maximum atomic E-state index is 4.39. The van der Waals surface area contributed by atoms with Gasteiger partial charge in [0, 0.05) is 5.25 Å². The van der Waals surface area contributed by atoms with Gasteiger partial charge in [0.1, 0.15) is 0 Å². The fourth-order valence-corrected chi connectivity index (χ4v) is 1.53. The van der Waals surface area contributed by atoms with E-state index < -0.39 is 0 Å². The Labute approximate surface area is 89.2 Å². The van der Waals surface area contributed by atoms with Gasteiger partial charge in [-0.05, 0) is 31.1 Å². The lowest BCUT2D eigenvalue weighted by Gasteiger charge is -2.25. The summed E-state index contributed by atoms with van der Waals surface area (Å²) in [6.07, 6.45) is 1.12. The minimum atomic E-state index is 0.335. The van der Waals surface area contributed by atoms with Gasteiger partial charge in [-0.2, -0.15) is 12.6 Å². The lowest BCUT2D eigenvalue weighted by atomic mass is 9.82. The van der Waals surface area contributed by atoms with Gasteiger partial charge in [-0.1, -0.05) is 39.8 Å². The van der Waals surface area contributed by atoms with Crippen molar-refractivity contribution in [1.82, 2.24) is 0 Å². The Morgan fingerprint density at radius 1 is 1.15 bits per heavy atom. The van der Waals surface area contributed by atoms with Crippen LogP contribution in [0.2, 0.25) is 0 Å². The SMILES string of the molecule is C=C(CC(C)[C@H](C)C(C)C)C(C)S. The minimum Gasteiger partial charge on any atom is -0.172 e. The third kappa shape index (κ3) is 4.75.